The fraction of sp³-hybridized carbons (Fsp3) is 0.462. The predicted octanol–water partition coefficient (Wildman–Crippen LogP) is 3.22. The van der Waals surface area contributed by atoms with Crippen LogP contribution in [0.3, 0.4) is 0 Å². The smallest absolute Gasteiger partial charge is 0.227 e. The second-order valence-electron chi connectivity index (χ2n) is 4.34. The number of nitrogens with zero attached hydrogens (tertiary/aromatic N) is 1. The molecule has 1 fully saturated rings. The van der Waals surface area contributed by atoms with Gasteiger partial charge in [0.1, 0.15) is 0 Å². The van der Waals surface area contributed by atoms with Crippen molar-refractivity contribution in [2.75, 3.05) is 12.4 Å². The Hall–Kier alpha value is -0.540. The molecule has 1 unspecified atom stereocenters. The molecule has 1 saturated heterocycles. The highest BCUT2D eigenvalue weighted by Gasteiger charge is 2.27. The number of hydrogen-bond donors (Lipinski definition) is 0. The van der Waals surface area contributed by atoms with E-state index in [4.69, 9.17) is 11.6 Å². The van der Waals surface area contributed by atoms with Gasteiger partial charge in [-0.1, -0.05) is 28.1 Å². The first-order valence-electron chi connectivity index (χ1n) is 5.80. The zero-order valence-electron chi connectivity index (χ0n) is 9.53. The van der Waals surface area contributed by atoms with E-state index in [9.17, 15) is 4.79 Å². The van der Waals surface area contributed by atoms with Gasteiger partial charge < -0.3 is 4.90 Å². The lowest BCUT2D eigenvalue weighted by Crippen LogP contribution is -2.37. The molecule has 17 heavy (non-hydrogen) atoms. The summed E-state index contributed by atoms with van der Waals surface area (Å²) >= 11 is 9.29. The van der Waals surface area contributed by atoms with Crippen LogP contribution in [0, 0.1) is 0 Å². The van der Waals surface area contributed by atoms with E-state index in [1.54, 1.807) is 0 Å². The van der Waals surface area contributed by atoms with Gasteiger partial charge in [-0.25, -0.2) is 0 Å². The topological polar surface area (TPSA) is 20.3 Å². The van der Waals surface area contributed by atoms with Crippen molar-refractivity contribution in [3.05, 3.63) is 34.3 Å². The van der Waals surface area contributed by atoms with Gasteiger partial charge in [0.15, 0.2) is 0 Å². The highest BCUT2D eigenvalue weighted by atomic mass is 79.9. The first-order valence-corrected chi connectivity index (χ1v) is 7.13. The van der Waals surface area contributed by atoms with Gasteiger partial charge in [0.05, 0.1) is 6.42 Å². The summed E-state index contributed by atoms with van der Waals surface area (Å²) in [5, 5.41) is 0. The second-order valence-corrected chi connectivity index (χ2v) is 5.57. The summed E-state index contributed by atoms with van der Waals surface area (Å²) in [6.45, 7) is 0.851. The van der Waals surface area contributed by atoms with Crippen LogP contribution < -0.4 is 0 Å². The minimum atomic E-state index is 0.186. The van der Waals surface area contributed by atoms with E-state index in [1.807, 2.05) is 29.2 Å². The number of rotatable bonds is 3. The molecule has 1 heterocycles. The fourth-order valence-corrected chi connectivity index (χ4v) is 3.02. The van der Waals surface area contributed by atoms with Crippen LogP contribution in [0.1, 0.15) is 18.4 Å². The van der Waals surface area contributed by atoms with E-state index < -0.39 is 0 Å². The number of amides is 1. The molecule has 1 amide bonds. The summed E-state index contributed by atoms with van der Waals surface area (Å²) < 4.78 is 1.01. The Labute approximate surface area is 115 Å². The Morgan fingerprint density at radius 3 is 3.06 bits per heavy atom. The van der Waals surface area contributed by atoms with Gasteiger partial charge >= 0.3 is 0 Å². The van der Waals surface area contributed by atoms with Gasteiger partial charge in [-0.15, -0.1) is 11.6 Å². The minimum absolute atomic E-state index is 0.186. The van der Waals surface area contributed by atoms with Crippen molar-refractivity contribution in [2.45, 2.75) is 25.3 Å². The van der Waals surface area contributed by atoms with E-state index in [0.717, 1.165) is 29.4 Å². The molecule has 0 bridgehead atoms. The van der Waals surface area contributed by atoms with Crippen LogP contribution in [0.2, 0.25) is 0 Å². The molecule has 0 spiro atoms. The molecule has 2 rings (SSSR count). The molecular weight excluding hydrogens is 302 g/mol. The standard InChI is InChI=1S/C13H15BrClNO/c14-11-4-1-3-10(7-11)8-13(17)16-6-2-5-12(16)9-15/h1,3-4,7,12H,2,5-6,8-9H2. The fourth-order valence-electron chi connectivity index (χ4n) is 2.25. The van der Waals surface area contributed by atoms with E-state index >= 15 is 0 Å². The third kappa shape index (κ3) is 3.23. The second kappa shape index (κ2) is 5.87. The molecule has 0 aromatic heterocycles. The first-order chi connectivity index (χ1) is 8.20. The molecule has 1 atom stereocenters. The number of carbonyl (C=O) groups excluding carboxylic acids is 1. The maximum absolute atomic E-state index is 12.1. The highest BCUT2D eigenvalue weighted by Crippen LogP contribution is 2.20. The zero-order chi connectivity index (χ0) is 12.3. The monoisotopic (exact) mass is 315 g/mol. The number of halogens is 2. The largest absolute Gasteiger partial charge is 0.338 e. The predicted molar refractivity (Wildman–Crippen MR) is 73.3 cm³/mol. The number of hydrogen-bond acceptors (Lipinski definition) is 1. The van der Waals surface area contributed by atoms with Gasteiger partial charge in [0.2, 0.25) is 5.91 Å². The molecule has 1 aliphatic rings. The van der Waals surface area contributed by atoms with Gasteiger partial charge in [0.25, 0.3) is 0 Å². The van der Waals surface area contributed by atoms with Crippen molar-refractivity contribution >= 4 is 33.4 Å². The van der Waals surface area contributed by atoms with Crippen LogP contribution in [0.25, 0.3) is 0 Å². The average Bonchev–Trinajstić information content (AvgIpc) is 2.77. The lowest BCUT2D eigenvalue weighted by atomic mass is 10.1. The Balaban J connectivity index is 2.01. The molecule has 92 valence electrons. The summed E-state index contributed by atoms with van der Waals surface area (Å²) in [5.74, 6) is 0.732. The number of benzene rings is 1. The Kier molecular flexibility index (Phi) is 4.46. The molecule has 1 aromatic rings. The van der Waals surface area contributed by atoms with Gasteiger partial charge in [-0.3, -0.25) is 4.79 Å². The van der Waals surface area contributed by atoms with Crippen molar-refractivity contribution in [2.24, 2.45) is 0 Å². The number of likely N-dealkylation sites (tertiary alicyclic amines) is 1. The third-order valence-electron chi connectivity index (χ3n) is 3.12. The van der Waals surface area contributed by atoms with Crippen molar-refractivity contribution in [3.63, 3.8) is 0 Å². The van der Waals surface area contributed by atoms with Crippen LogP contribution in [-0.2, 0) is 11.2 Å². The molecule has 0 N–H and O–H groups in total. The number of alkyl halides is 1. The summed E-state index contributed by atoms with van der Waals surface area (Å²) in [7, 11) is 0. The molecule has 1 aromatic carbocycles. The lowest BCUT2D eigenvalue weighted by molar-refractivity contribution is -0.130. The summed E-state index contributed by atoms with van der Waals surface area (Å²) in [4.78, 5) is 14.1. The van der Waals surface area contributed by atoms with Gasteiger partial charge in [-0.05, 0) is 30.5 Å². The lowest BCUT2D eigenvalue weighted by Gasteiger charge is -2.23. The van der Waals surface area contributed by atoms with E-state index in [1.165, 1.54) is 0 Å². The van der Waals surface area contributed by atoms with Crippen molar-refractivity contribution in [3.8, 4) is 0 Å². The van der Waals surface area contributed by atoms with Crippen LogP contribution in [0.15, 0.2) is 28.7 Å². The van der Waals surface area contributed by atoms with Crippen molar-refractivity contribution in [1.29, 1.82) is 0 Å². The van der Waals surface area contributed by atoms with Gasteiger partial charge in [0, 0.05) is 22.9 Å². The SMILES string of the molecule is O=C(Cc1cccc(Br)c1)N1CCCC1CCl. The van der Waals surface area contributed by atoms with Crippen LogP contribution in [0.5, 0.6) is 0 Å². The normalized spacial score (nSPS) is 19.6. The molecule has 4 heteroatoms. The Morgan fingerprint density at radius 1 is 1.53 bits per heavy atom. The van der Waals surface area contributed by atoms with Gasteiger partial charge in [-0.2, -0.15) is 0 Å². The van der Waals surface area contributed by atoms with E-state index in [-0.39, 0.29) is 11.9 Å². The quantitative estimate of drug-likeness (QED) is 0.784. The minimum Gasteiger partial charge on any atom is -0.338 e. The summed E-state index contributed by atoms with van der Waals surface area (Å²) in [6, 6.07) is 8.12. The average molecular weight is 317 g/mol. The van der Waals surface area contributed by atoms with E-state index in [2.05, 4.69) is 15.9 Å². The van der Waals surface area contributed by atoms with Crippen LogP contribution in [0.4, 0.5) is 0 Å². The summed E-state index contributed by atoms with van der Waals surface area (Å²) in [6.07, 6.45) is 2.57. The van der Waals surface area contributed by atoms with Crippen LogP contribution in [-0.4, -0.2) is 29.3 Å². The first kappa shape index (κ1) is 12.9. The molecule has 1 aliphatic heterocycles. The molecule has 2 nitrogen and oxygen atoms in total. The maximum Gasteiger partial charge on any atom is 0.227 e. The Bertz CT molecular complexity index is 410. The van der Waals surface area contributed by atoms with Crippen molar-refractivity contribution < 1.29 is 4.79 Å². The highest BCUT2D eigenvalue weighted by molar-refractivity contribution is 9.10. The third-order valence-corrected chi connectivity index (χ3v) is 3.97. The molecular formula is C13H15BrClNO. The maximum atomic E-state index is 12.1. The van der Waals surface area contributed by atoms with E-state index in [0.29, 0.717) is 12.3 Å². The Morgan fingerprint density at radius 2 is 2.35 bits per heavy atom. The zero-order valence-corrected chi connectivity index (χ0v) is 11.9. The molecule has 0 saturated carbocycles. The molecule has 0 aliphatic carbocycles. The van der Waals surface area contributed by atoms with Crippen LogP contribution >= 0.6 is 27.5 Å². The molecule has 0 radical (unpaired) electrons. The summed E-state index contributed by atoms with van der Waals surface area (Å²) in [5.41, 5.74) is 1.05. The number of carbonyl (C=O) groups is 1. The van der Waals surface area contributed by atoms with Crippen molar-refractivity contribution in [1.82, 2.24) is 4.90 Å².